The zero-order valence-corrected chi connectivity index (χ0v) is 14.5. The Morgan fingerprint density at radius 2 is 1.84 bits per heavy atom. The van der Waals surface area contributed by atoms with Gasteiger partial charge in [0.05, 0.1) is 11.4 Å². The number of carbonyl (C=O) groups excluding carboxylic acids is 1. The van der Waals surface area contributed by atoms with Gasteiger partial charge in [0.2, 0.25) is 22.7 Å². The van der Waals surface area contributed by atoms with E-state index in [1.165, 1.54) is 19.2 Å². The number of nitrogens with one attached hydrogen (secondary N) is 1. The summed E-state index contributed by atoms with van der Waals surface area (Å²) in [6.07, 6.45) is 0. The summed E-state index contributed by atoms with van der Waals surface area (Å²) < 4.78 is 36.3. The van der Waals surface area contributed by atoms with Gasteiger partial charge in [0.15, 0.2) is 11.5 Å². The minimum absolute atomic E-state index is 0.154. The number of amides is 1. The fraction of sp³-hybridized carbons (Fsp3) is 0.235. The third kappa shape index (κ3) is 3.92. The number of hydrogen-bond acceptors (Lipinski definition) is 5. The molecule has 7 nitrogen and oxygen atoms in total. The molecule has 0 radical (unpaired) electrons. The number of fused-ring (bicyclic) bond motifs is 1. The van der Waals surface area contributed by atoms with Crippen LogP contribution in [0, 0.1) is 0 Å². The fourth-order valence-corrected chi connectivity index (χ4v) is 3.52. The van der Waals surface area contributed by atoms with Crippen molar-refractivity contribution in [3.63, 3.8) is 0 Å². The van der Waals surface area contributed by atoms with Crippen LogP contribution in [0.3, 0.4) is 0 Å². The molecule has 2 aromatic carbocycles. The Morgan fingerprint density at radius 1 is 1.12 bits per heavy atom. The molecule has 8 heteroatoms. The first-order chi connectivity index (χ1) is 12.0. The highest BCUT2D eigenvalue weighted by atomic mass is 32.2. The van der Waals surface area contributed by atoms with Crippen molar-refractivity contribution in [3.8, 4) is 11.5 Å². The number of likely N-dealkylation sites (N-methyl/N-ethyl adjacent to an activating group) is 1. The number of sulfonamides is 1. The molecule has 0 saturated heterocycles. The highest BCUT2D eigenvalue weighted by Crippen LogP contribution is 2.32. The molecule has 132 valence electrons. The van der Waals surface area contributed by atoms with Crippen LogP contribution in [0.5, 0.6) is 11.5 Å². The van der Waals surface area contributed by atoms with Crippen LogP contribution in [-0.2, 0) is 21.4 Å². The van der Waals surface area contributed by atoms with Crippen molar-refractivity contribution >= 4 is 15.9 Å². The van der Waals surface area contributed by atoms with Gasteiger partial charge in [-0.15, -0.1) is 0 Å². The van der Waals surface area contributed by atoms with E-state index in [4.69, 9.17) is 9.47 Å². The number of ether oxygens (including phenoxy) is 2. The number of carbonyl (C=O) groups is 1. The highest BCUT2D eigenvalue weighted by molar-refractivity contribution is 7.89. The quantitative estimate of drug-likeness (QED) is 0.839. The SMILES string of the molecule is CN(CC(=O)NCc1ccc2c(c1)OCO2)S(=O)(=O)c1ccccc1. The first-order valence-electron chi connectivity index (χ1n) is 7.63. The Morgan fingerprint density at radius 3 is 2.60 bits per heavy atom. The lowest BCUT2D eigenvalue weighted by Crippen LogP contribution is -2.38. The van der Waals surface area contributed by atoms with Gasteiger partial charge in [0.1, 0.15) is 0 Å². The second-order valence-corrected chi connectivity index (χ2v) is 7.58. The molecule has 0 atom stereocenters. The molecular formula is C17H18N2O5S. The van der Waals surface area contributed by atoms with Gasteiger partial charge in [0, 0.05) is 13.6 Å². The van der Waals surface area contributed by atoms with Crippen molar-refractivity contribution in [1.29, 1.82) is 0 Å². The van der Waals surface area contributed by atoms with Crippen molar-refractivity contribution in [2.45, 2.75) is 11.4 Å². The molecule has 0 aliphatic carbocycles. The van der Waals surface area contributed by atoms with E-state index in [9.17, 15) is 13.2 Å². The van der Waals surface area contributed by atoms with E-state index in [1.54, 1.807) is 30.3 Å². The molecule has 1 aliphatic rings. The summed E-state index contributed by atoms with van der Waals surface area (Å²) in [5.74, 6) is 0.916. The zero-order valence-electron chi connectivity index (χ0n) is 13.6. The van der Waals surface area contributed by atoms with Crippen LogP contribution in [-0.4, -0.2) is 39.0 Å². The number of hydrogen-bond donors (Lipinski definition) is 1. The number of nitrogens with zero attached hydrogens (tertiary/aromatic N) is 1. The lowest BCUT2D eigenvalue weighted by atomic mass is 10.2. The molecule has 1 heterocycles. The molecule has 0 spiro atoms. The van der Waals surface area contributed by atoms with Crippen molar-refractivity contribution in [3.05, 3.63) is 54.1 Å². The average molecular weight is 362 g/mol. The summed E-state index contributed by atoms with van der Waals surface area (Å²) in [7, 11) is -2.31. The Kier molecular flexibility index (Phi) is 4.91. The summed E-state index contributed by atoms with van der Waals surface area (Å²) in [6, 6.07) is 13.4. The summed E-state index contributed by atoms with van der Waals surface area (Å²) in [6.45, 7) is 0.198. The standard InChI is InChI=1S/C17H18N2O5S/c1-19(25(21,22)14-5-3-2-4-6-14)11-17(20)18-10-13-7-8-15-16(9-13)24-12-23-15/h2-9H,10-12H2,1H3,(H,18,20). The number of rotatable bonds is 6. The topological polar surface area (TPSA) is 84.9 Å². The van der Waals surface area contributed by atoms with E-state index in [1.807, 2.05) is 6.07 Å². The minimum Gasteiger partial charge on any atom is -0.454 e. The maximum absolute atomic E-state index is 12.4. The molecule has 0 unspecified atom stereocenters. The van der Waals surface area contributed by atoms with Gasteiger partial charge in [-0.05, 0) is 29.8 Å². The van der Waals surface area contributed by atoms with Crippen molar-refractivity contribution < 1.29 is 22.7 Å². The van der Waals surface area contributed by atoms with Gasteiger partial charge in [-0.25, -0.2) is 8.42 Å². The van der Waals surface area contributed by atoms with Crippen molar-refractivity contribution in [1.82, 2.24) is 9.62 Å². The molecule has 2 aromatic rings. The van der Waals surface area contributed by atoms with Gasteiger partial charge in [0.25, 0.3) is 0 Å². The summed E-state index contributed by atoms with van der Waals surface area (Å²) >= 11 is 0. The molecule has 1 amide bonds. The lowest BCUT2D eigenvalue weighted by Gasteiger charge is -2.17. The Hall–Kier alpha value is -2.58. The van der Waals surface area contributed by atoms with Gasteiger partial charge in [-0.2, -0.15) is 4.31 Å². The van der Waals surface area contributed by atoms with Crippen molar-refractivity contribution in [2.75, 3.05) is 20.4 Å². The zero-order chi connectivity index (χ0) is 17.9. The molecular weight excluding hydrogens is 344 g/mol. The van der Waals surface area contributed by atoms with E-state index >= 15 is 0 Å². The second-order valence-electron chi connectivity index (χ2n) is 5.54. The summed E-state index contributed by atoms with van der Waals surface area (Å²) in [5, 5.41) is 2.70. The Bertz CT molecular complexity index is 868. The third-order valence-electron chi connectivity index (χ3n) is 3.74. The van der Waals surface area contributed by atoms with Gasteiger partial charge < -0.3 is 14.8 Å². The molecule has 1 N–H and O–H groups in total. The van der Waals surface area contributed by atoms with Crippen LogP contribution in [0.15, 0.2) is 53.4 Å². The maximum atomic E-state index is 12.4. The number of benzene rings is 2. The van der Waals surface area contributed by atoms with Gasteiger partial charge in [-0.3, -0.25) is 4.79 Å². The van der Waals surface area contributed by atoms with Crippen LogP contribution >= 0.6 is 0 Å². The smallest absolute Gasteiger partial charge is 0.243 e. The van der Waals surface area contributed by atoms with Gasteiger partial charge >= 0.3 is 0 Å². The monoisotopic (exact) mass is 362 g/mol. The molecule has 1 aliphatic heterocycles. The fourth-order valence-electron chi connectivity index (χ4n) is 2.37. The summed E-state index contributed by atoms with van der Waals surface area (Å²) in [4.78, 5) is 12.2. The third-order valence-corrected chi connectivity index (χ3v) is 5.56. The molecule has 0 saturated carbocycles. The minimum atomic E-state index is -3.69. The lowest BCUT2D eigenvalue weighted by molar-refractivity contribution is -0.121. The van der Waals surface area contributed by atoms with Crippen LogP contribution in [0.25, 0.3) is 0 Å². The maximum Gasteiger partial charge on any atom is 0.243 e. The molecule has 0 bridgehead atoms. The van der Waals surface area contributed by atoms with Crippen LogP contribution < -0.4 is 14.8 Å². The van der Waals surface area contributed by atoms with E-state index in [-0.39, 0.29) is 30.7 Å². The second kappa shape index (κ2) is 7.12. The molecule has 3 rings (SSSR count). The van der Waals surface area contributed by atoms with E-state index in [0.29, 0.717) is 11.5 Å². The van der Waals surface area contributed by atoms with E-state index in [2.05, 4.69) is 5.32 Å². The van der Waals surface area contributed by atoms with E-state index < -0.39 is 10.0 Å². The van der Waals surface area contributed by atoms with Crippen molar-refractivity contribution in [2.24, 2.45) is 0 Å². The molecule has 0 fully saturated rings. The normalized spacial score (nSPS) is 13.0. The highest BCUT2D eigenvalue weighted by Gasteiger charge is 2.22. The first-order valence-corrected chi connectivity index (χ1v) is 9.07. The average Bonchev–Trinajstić information content (AvgIpc) is 3.08. The Labute approximate surface area is 146 Å². The summed E-state index contributed by atoms with van der Waals surface area (Å²) in [5.41, 5.74) is 0.839. The van der Waals surface area contributed by atoms with Gasteiger partial charge in [-0.1, -0.05) is 24.3 Å². The predicted octanol–water partition coefficient (Wildman–Crippen LogP) is 1.35. The van der Waals surface area contributed by atoms with E-state index in [0.717, 1.165) is 9.87 Å². The first kappa shape index (κ1) is 17.2. The molecule has 0 aromatic heterocycles. The van der Waals surface area contributed by atoms with Crippen LogP contribution in [0.1, 0.15) is 5.56 Å². The molecule has 25 heavy (non-hydrogen) atoms. The predicted molar refractivity (Wildman–Crippen MR) is 90.7 cm³/mol. The van der Waals surface area contributed by atoms with Crippen LogP contribution in [0.4, 0.5) is 0 Å². The van der Waals surface area contributed by atoms with Crippen LogP contribution in [0.2, 0.25) is 0 Å². The Balaban J connectivity index is 1.57. The largest absolute Gasteiger partial charge is 0.454 e.